The number of pyridine rings is 1. The van der Waals surface area contributed by atoms with Gasteiger partial charge in [0, 0.05) is 31.2 Å². The Kier molecular flexibility index (Phi) is 7.84. The molecule has 172 valence electrons. The first-order chi connectivity index (χ1) is 15.2. The Morgan fingerprint density at radius 2 is 1.94 bits per heavy atom. The zero-order chi connectivity index (χ0) is 23.6. The van der Waals surface area contributed by atoms with E-state index in [1.54, 1.807) is 9.47 Å². The van der Waals surface area contributed by atoms with Gasteiger partial charge in [0.1, 0.15) is 21.8 Å². The van der Waals surface area contributed by atoms with Gasteiger partial charge in [0.05, 0.1) is 4.91 Å². The van der Waals surface area contributed by atoms with Crippen LogP contribution < -0.4 is 10.5 Å². The number of aromatic nitrogens is 1. The van der Waals surface area contributed by atoms with Crippen molar-refractivity contribution in [3.63, 3.8) is 0 Å². The van der Waals surface area contributed by atoms with Crippen LogP contribution in [0.1, 0.15) is 70.1 Å². The molecule has 1 aromatic heterocycles. The zero-order valence-electron chi connectivity index (χ0n) is 19.6. The Labute approximate surface area is 200 Å². The standard InChI is InChI=1S/C24H32N4O2S2/c1-6-10-27-21(26-11-8-15(3)9-12-26)18(17(5)19(14-25)22(27)29)13-20-23(30)28(16(4)7-2)24(31)32-20/h13,15-16H,6-12H2,1-5H3/b20-13+. The summed E-state index contributed by atoms with van der Waals surface area (Å²) in [5, 5.41) is 9.76. The van der Waals surface area contributed by atoms with Crippen LogP contribution >= 0.6 is 24.0 Å². The third-order valence-electron chi connectivity index (χ3n) is 6.51. The van der Waals surface area contributed by atoms with Gasteiger partial charge in [-0.25, -0.2) is 0 Å². The van der Waals surface area contributed by atoms with E-state index in [-0.39, 0.29) is 23.1 Å². The maximum atomic E-state index is 13.2. The van der Waals surface area contributed by atoms with E-state index in [2.05, 4.69) is 17.9 Å². The topological polar surface area (TPSA) is 69.3 Å². The average Bonchev–Trinajstić information content (AvgIpc) is 3.05. The molecule has 0 bridgehead atoms. The summed E-state index contributed by atoms with van der Waals surface area (Å²) in [5.41, 5.74) is 1.32. The number of amides is 1. The third kappa shape index (κ3) is 4.51. The van der Waals surface area contributed by atoms with Crippen molar-refractivity contribution in [2.75, 3.05) is 18.0 Å². The molecular formula is C24H32N4O2S2. The number of nitrogens with zero attached hydrogens (tertiary/aromatic N) is 4. The highest BCUT2D eigenvalue weighted by atomic mass is 32.2. The smallest absolute Gasteiger partial charge is 0.270 e. The van der Waals surface area contributed by atoms with Crippen LogP contribution in [0.15, 0.2) is 9.70 Å². The molecule has 1 atom stereocenters. The van der Waals surface area contributed by atoms with Crippen LogP contribution in [-0.2, 0) is 11.3 Å². The van der Waals surface area contributed by atoms with Gasteiger partial charge in [0.25, 0.3) is 11.5 Å². The maximum Gasteiger partial charge on any atom is 0.270 e. The van der Waals surface area contributed by atoms with Gasteiger partial charge in [-0.3, -0.25) is 19.1 Å². The number of anilines is 1. The average molecular weight is 473 g/mol. The second-order valence-corrected chi connectivity index (χ2v) is 10.5. The van der Waals surface area contributed by atoms with Crippen molar-refractivity contribution >= 4 is 46.1 Å². The Morgan fingerprint density at radius 1 is 1.28 bits per heavy atom. The van der Waals surface area contributed by atoms with Crippen LogP contribution in [0.25, 0.3) is 6.08 Å². The lowest BCUT2D eigenvalue weighted by Crippen LogP contribution is -2.39. The molecule has 2 aliphatic heterocycles. The number of hydrogen-bond acceptors (Lipinski definition) is 6. The van der Waals surface area contributed by atoms with Crippen molar-refractivity contribution in [1.82, 2.24) is 9.47 Å². The zero-order valence-corrected chi connectivity index (χ0v) is 21.2. The SMILES string of the molecule is CCCn1c(N2CCC(C)CC2)c(/C=C2/SC(=S)N(C(C)CC)C2=O)c(C)c(C#N)c1=O. The van der Waals surface area contributed by atoms with E-state index in [0.29, 0.717) is 27.3 Å². The molecule has 0 aliphatic carbocycles. The summed E-state index contributed by atoms with van der Waals surface area (Å²) in [7, 11) is 0. The molecule has 0 spiro atoms. The fourth-order valence-electron chi connectivity index (χ4n) is 4.31. The van der Waals surface area contributed by atoms with Gasteiger partial charge in [-0.05, 0) is 57.1 Å². The lowest BCUT2D eigenvalue weighted by atomic mass is 9.97. The van der Waals surface area contributed by atoms with Crippen molar-refractivity contribution in [1.29, 1.82) is 5.26 Å². The molecule has 0 radical (unpaired) electrons. The first kappa shape index (κ1) is 24.5. The molecule has 8 heteroatoms. The summed E-state index contributed by atoms with van der Waals surface area (Å²) in [4.78, 5) is 30.9. The van der Waals surface area contributed by atoms with E-state index in [4.69, 9.17) is 12.2 Å². The highest BCUT2D eigenvalue weighted by Crippen LogP contribution is 2.37. The van der Waals surface area contributed by atoms with Crippen LogP contribution in [0, 0.1) is 24.2 Å². The molecule has 0 saturated carbocycles. The molecule has 0 N–H and O–H groups in total. The van der Waals surface area contributed by atoms with Crippen molar-refractivity contribution in [2.24, 2.45) is 5.92 Å². The van der Waals surface area contributed by atoms with Crippen LogP contribution in [-0.4, -0.2) is 38.8 Å². The van der Waals surface area contributed by atoms with E-state index in [1.165, 1.54) is 11.8 Å². The Balaban J connectivity index is 2.22. The molecule has 1 unspecified atom stereocenters. The lowest BCUT2D eigenvalue weighted by Gasteiger charge is -2.35. The predicted octanol–water partition coefficient (Wildman–Crippen LogP) is 4.67. The number of nitriles is 1. The fourth-order valence-corrected chi connectivity index (χ4v) is 5.75. The molecule has 3 rings (SSSR count). The molecule has 2 saturated heterocycles. The number of thiocarbonyl (C=S) groups is 1. The highest BCUT2D eigenvalue weighted by molar-refractivity contribution is 8.26. The number of rotatable bonds is 6. The molecule has 2 fully saturated rings. The summed E-state index contributed by atoms with van der Waals surface area (Å²) < 4.78 is 2.30. The summed E-state index contributed by atoms with van der Waals surface area (Å²) in [6, 6.07) is 2.14. The third-order valence-corrected chi connectivity index (χ3v) is 7.84. The molecule has 0 aromatic carbocycles. The molecule has 1 aromatic rings. The van der Waals surface area contributed by atoms with Crippen LogP contribution in [0.4, 0.5) is 5.82 Å². The molecule has 6 nitrogen and oxygen atoms in total. The number of hydrogen-bond donors (Lipinski definition) is 0. The number of carbonyl (C=O) groups excluding carboxylic acids is 1. The van der Waals surface area contributed by atoms with Crippen LogP contribution in [0.3, 0.4) is 0 Å². The molecular weight excluding hydrogens is 440 g/mol. The summed E-state index contributed by atoms with van der Waals surface area (Å²) in [6.07, 6.45) is 5.55. The highest BCUT2D eigenvalue weighted by Gasteiger charge is 2.35. The molecule has 3 heterocycles. The summed E-state index contributed by atoms with van der Waals surface area (Å²) in [5.74, 6) is 1.38. The van der Waals surface area contributed by atoms with Crippen LogP contribution in [0.5, 0.6) is 0 Å². The number of piperidine rings is 1. The Hall–Kier alpha value is -2.11. The second kappa shape index (κ2) is 10.2. The lowest BCUT2D eigenvalue weighted by molar-refractivity contribution is -0.123. The summed E-state index contributed by atoms with van der Waals surface area (Å²) in [6.45, 7) is 12.4. The van der Waals surface area contributed by atoms with Crippen LogP contribution in [0.2, 0.25) is 0 Å². The second-order valence-electron chi connectivity index (χ2n) is 8.78. The fraction of sp³-hybridized carbons (Fsp3) is 0.583. The number of thioether (sulfide) groups is 1. The minimum absolute atomic E-state index is 0.0289. The van der Waals surface area contributed by atoms with Gasteiger partial charge < -0.3 is 4.90 Å². The quantitative estimate of drug-likeness (QED) is 0.442. The predicted molar refractivity (Wildman–Crippen MR) is 136 cm³/mol. The monoisotopic (exact) mass is 472 g/mol. The van der Waals surface area contributed by atoms with E-state index >= 15 is 0 Å². The largest absolute Gasteiger partial charge is 0.357 e. The van der Waals surface area contributed by atoms with Gasteiger partial charge in [-0.1, -0.05) is 44.8 Å². The minimum atomic E-state index is -0.246. The summed E-state index contributed by atoms with van der Waals surface area (Å²) >= 11 is 6.80. The first-order valence-electron chi connectivity index (χ1n) is 11.4. The number of carbonyl (C=O) groups is 1. The van der Waals surface area contributed by atoms with Gasteiger partial charge in [-0.15, -0.1) is 0 Å². The van der Waals surface area contributed by atoms with E-state index in [1.807, 2.05) is 33.8 Å². The maximum absolute atomic E-state index is 13.2. The van der Waals surface area contributed by atoms with Crippen molar-refractivity contribution in [2.45, 2.75) is 72.9 Å². The van der Waals surface area contributed by atoms with Crippen molar-refractivity contribution in [3.05, 3.63) is 31.9 Å². The van der Waals surface area contributed by atoms with E-state index in [0.717, 1.165) is 50.2 Å². The Bertz CT molecular complexity index is 1050. The van der Waals surface area contributed by atoms with E-state index < -0.39 is 0 Å². The molecule has 1 amide bonds. The normalized spacial score (nSPS) is 19.7. The van der Waals surface area contributed by atoms with E-state index in [9.17, 15) is 14.9 Å². The molecule has 32 heavy (non-hydrogen) atoms. The molecule has 2 aliphatic rings. The van der Waals surface area contributed by atoms with Crippen molar-refractivity contribution < 1.29 is 4.79 Å². The van der Waals surface area contributed by atoms with Gasteiger partial charge in [-0.2, -0.15) is 5.26 Å². The van der Waals surface area contributed by atoms with Gasteiger partial charge >= 0.3 is 0 Å². The minimum Gasteiger partial charge on any atom is -0.357 e. The van der Waals surface area contributed by atoms with Crippen molar-refractivity contribution in [3.8, 4) is 6.07 Å². The first-order valence-corrected chi connectivity index (χ1v) is 12.7. The Morgan fingerprint density at radius 3 is 2.50 bits per heavy atom. The van der Waals surface area contributed by atoms with Gasteiger partial charge in [0.2, 0.25) is 0 Å². The van der Waals surface area contributed by atoms with Gasteiger partial charge in [0.15, 0.2) is 0 Å².